The SMILES string of the molecule is CC(C)CC(=O)NC(NC(=S)Nc1ccc(Cl)cc1Cl)C(Cl)(Cl)Cl. The summed E-state index contributed by atoms with van der Waals surface area (Å²) >= 11 is 34.8. The summed E-state index contributed by atoms with van der Waals surface area (Å²) in [6.45, 7) is 3.82. The van der Waals surface area contributed by atoms with Crippen LogP contribution in [0.5, 0.6) is 0 Å². The second kappa shape index (κ2) is 9.51. The number of alkyl halides is 3. The fourth-order valence-electron chi connectivity index (χ4n) is 1.67. The smallest absolute Gasteiger partial charge is 0.228 e. The Morgan fingerprint density at radius 3 is 2.33 bits per heavy atom. The van der Waals surface area contributed by atoms with Gasteiger partial charge < -0.3 is 16.0 Å². The zero-order valence-electron chi connectivity index (χ0n) is 12.8. The zero-order chi connectivity index (χ0) is 18.5. The summed E-state index contributed by atoms with van der Waals surface area (Å²) in [6, 6.07) is 4.86. The van der Waals surface area contributed by atoms with Gasteiger partial charge in [0.15, 0.2) is 5.11 Å². The summed E-state index contributed by atoms with van der Waals surface area (Å²) in [5, 5.41) is 9.20. The first kappa shape index (κ1) is 21.9. The first-order valence-corrected chi connectivity index (χ1v) is 9.17. The highest BCUT2D eigenvalue weighted by molar-refractivity contribution is 7.80. The molecule has 0 saturated heterocycles. The van der Waals surface area contributed by atoms with Crippen LogP contribution in [0.2, 0.25) is 10.0 Å². The Kier molecular flexibility index (Phi) is 8.66. The molecule has 4 nitrogen and oxygen atoms in total. The number of anilines is 1. The summed E-state index contributed by atoms with van der Waals surface area (Å²) < 4.78 is -1.80. The van der Waals surface area contributed by atoms with Gasteiger partial charge in [0, 0.05) is 11.4 Å². The van der Waals surface area contributed by atoms with Gasteiger partial charge in [-0.15, -0.1) is 0 Å². The molecule has 1 aromatic rings. The molecule has 3 N–H and O–H groups in total. The Hall–Kier alpha value is -0.170. The van der Waals surface area contributed by atoms with E-state index in [-0.39, 0.29) is 16.9 Å². The number of thiocarbonyl (C=S) groups is 1. The van der Waals surface area contributed by atoms with Crippen molar-refractivity contribution in [1.82, 2.24) is 10.6 Å². The molecule has 10 heteroatoms. The van der Waals surface area contributed by atoms with E-state index in [1.54, 1.807) is 18.2 Å². The van der Waals surface area contributed by atoms with E-state index in [1.807, 2.05) is 13.8 Å². The van der Waals surface area contributed by atoms with E-state index < -0.39 is 9.96 Å². The van der Waals surface area contributed by atoms with E-state index in [2.05, 4.69) is 16.0 Å². The van der Waals surface area contributed by atoms with E-state index in [4.69, 9.17) is 70.2 Å². The number of amides is 1. The Bertz CT molecular complexity index is 607. The van der Waals surface area contributed by atoms with Crippen molar-refractivity contribution in [3.8, 4) is 0 Å². The van der Waals surface area contributed by atoms with E-state index in [1.165, 1.54) is 0 Å². The molecular weight excluding hydrogens is 436 g/mol. The number of halogens is 5. The molecule has 0 aliphatic heterocycles. The van der Waals surface area contributed by atoms with E-state index >= 15 is 0 Å². The van der Waals surface area contributed by atoms with Crippen molar-refractivity contribution in [1.29, 1.82) is 0 Å². The third-order valence-electron chi connectivity index (χ3n) is 2.68. The summed E-state index contributed by atoms with van der Waals surface area (Å²) in [6.07, 6.45) is -0.720. The van der Waals surface area contributed by atoms with Crippen molar-refractivity contribution in [2.75, 3.05) is 5.32 Å². The van der Waals surface area contributed by atoms with Crippen LogP contribution in [0.1, 0.15) is 20.3 Å². The summed E-state index contributed by atoms with van der Waals surface area (Å²) in [4.78, 5) is 11.9. The Morgan fingerprint density at radius 1 is 1.21 bits per heavy atom. The lowest BCUT2D eigenvalue weighted by Gasteiger charge is -2.28. The third kappa shape index (κ3) is 7.81. The normalized spacial score (nSPS) is 12.7. The van der Waals surface area contributed by atoms with Crippen LogP contribution in [-0.2, 0) is 4.79 Å². The lowest BCUT2D eigenvalue weighted by Crippen LogP contribution is -2.56. The van der Waals surface area contributed by atoms with Crippen molar-refractivity contribution in [3.63, 3.8) is 0 Å². The van der Waals surface area contributed by atoms with Crippen molar-refractivity contribution >= 4 is 86.9 Å². The highest BCUT2D eigenvalue weighted by atomic mass is 35.6. The Morgan fingerprint density at radius 2 is 1.83 bits per heavy atom. The monoisotopic (exact) mass is 449 g/mol. The number of benzene rings is 1. The standard InChI is InChI=1S/C14H16Cl5N3OS/c1-7(2)5-11(23)21-12(14(17,18)19)22-13(24)20-10-4-3-8(15)6-9(10)16/h3-4,6-7,12H,5H2,1-2H3,(H,21,23)(H2,20,22,24). The van der Waals surface area contributed by atoms with Crippen LogP contribution in [0.4, 0.5) is 5.69 Å². The number of hydrogen-bond acceptors (Lipinski definition) is 2. The van der Waals surface area contributed by atoms with Crippen molar-refractivity contribution < 1.29 is 4.79 Å². The molecular formula is C14H16Cl5N3OS. The van der Waals surface area contributed by atoms with Crippen LogP contribution >= 0.6 is 70.2 Å². The second-order valence-corrected chi connectivity index (χ2v) is 8.98. The Labute approximate surface area is 171 Å². The predicted octanol–water partition coefficient (Wildman–Crippen LogP) is 5.14. The molecule has 24 heavy (non-hydrogen) atoms. The molecule has 0 aliphatic carbocycles. The molecule has 1 aromatic carbocycles. The average Bonchev–Trinajstić information content (AvgIpc) is 2.39. The molecule has 0 saturated carbocycles. The predicted molar refractivity (Wildman–Crippen MR) is 107 cm³/mol. The van der Waals surface area contributed by atoms with Gasteiger partial charge in [0.2, 0.25) is 9.70 Å². The minimum atomic E-state index is -1.80. The largest absolute Gasteiger partial charge is 0.339 e. The first-order chi connectivity index (χ1) is 11.0. The van der Waals surface area contributed by atoms with E-state index in [9.17, 15) is 4.79 Å². The zero-order valence-corrected chi connectivity index (χ0v) is 17.4. The van der Waals surface area contributed by atoms with Crippen LogP contribution in [0.3, 0.4) is 0 Å². The average molecular weight is 452 g/mol. The molecule has 1 unspecified atom stereocenters. The first-order valence-electron chi connectivity index (χ1n) is 6.87. The van der Waals surface area contributed by atoms with Crippen LogP contribution in [0.25, 0.3) is 0 Å². The maximum Gasteiger partial charge on any atom is 0.228 e. The quantitative estimate of drug-likeness (QED) is 0.330. The highest BCUT2D eigenvalue weighted by Crippen LogP contribution is 2.30. The second-order valence-electron chi connectivity index (χ2n) is 5.36. The van der Waals surface area contributed by atoms with Gasteiger partial charge in [-0.2, -0.15) is 0 Å². The van der Waals surface area contributed by atoms with Crippen molar-refractivity contribution in [2.45, 2.75) is 30.2 Å². The minimum Gasteiger partial charge on any atom is -0.339 e. The molecule has 0 heterocycles. The maximum atomic E-state index is 11.9. The van der Waals surface area contributed by atoms with E-state index in [0.29, 0.717) is 22.2 Å². The van der Waals surface area contributed by atoms with Crippen LogP contribution in [0, 0.1) is 5.92 Å². The topological polar surface area (TPSA) is 53.2 Å². The van der Waals surface area contributed by atoms with Crippen LogP contribution < -0.4 is 16.0 Å². The number of carbonyl (C=O) groups excluding carboxylic acids is 1. The summed E-state index contributed by atoms with van der Waals surface area (Å²) in [5.74, 6) is -0.0971. The number of carbonyl (C=O) groups is 1. The molecule has 1 rings (SSSR count). The number of nitrogens with one attached hydrogen (secondary N) is 3. The molecule has 0 fully saturated rings. The van der Waals surface area contributed by atoms with Gasteiger partial charge in [-0.25, -0.2) is 0 Å². The van der Waals surface area contributed by atoms with Crippen molar-refractivity contribution in [2.24, 2.45) is 5.92 Å². The molecule has 1 amide bonds. The minimum absolute atomic E-state index is 0.125. The molecule has 0 aliphatic rings. The lowest BCUT2D eigenvalue weighted by molar-refractivity contribution is -0.122. The molecule has 134 valence electrons. The van der Waals surface area contributed by atoms with Gasteiger partial charge in [0.1, 0.15) is 6.17 Å². The summed E-state index contributed by atoms with van der Waals surface area (Å²) in [5.41, 5.74) is 0.523. The molecule has 0 spiro atoms. The fraction of sp³-hybridized carbons (Fsp3) is 0.429. The van der Waals surface area contributed by atoms with Gasteiger partial charge in [0.05, 0.1) is 10.7 Å². The van der Waals surface area contributed by atoms with Crippen molar-refractivity contribution in [3.05, 3.63) is 28.2 Å². The fourth-order valence-corrected chi connectivity index (χ4v) is 2.68. The third-order valence-corrected chi connectivity index (χ3v) is 4.10. The maximum absolute atomic E-state index is 11.9. The Balaban J connectivity index is 2.75. The van der Waals surface area contributed by atoms with Gasteiger partial charge in [-0.05, 0) is 36.3 Å². The van der Waals surface area contributed by atoms with Crippen LogP contribution in [-0.4, -0.2) is 21.0 Å². The molecule has 1 atom stereocenters. The van der Waals surface area contributed by atoms with Crippen LogP contribution in [0.15, 0.2) is 18.2 Å². The molecule has 0 aromatic heterocycles. The van der Waals surface area contributed by atoms with E-state index in [0.717, 1.165) is 0 Å². The van der Waals surface area contributed by atoms with Gasteiger partial charge >= 0.3 is 0 Å². The number of hydrogen-bond donors (Lipinski definition) is 3. The van der Waals surface area contributed by atoms with Gasteiger partial charge in [-0.3, -0.25) is 4.79 Å². The molecule has 0 radical (unpaired) electrons. The lowest BCUT2D eigenvalue weighted by atomic mass is 10.1. The highest BCUT2D eigenvalue weighted by Gasteiger charge is 2.34. The summed E-state index contributed by atoms with van der Waals surface area (Å²) in [7, 11) is 0. The van der Waals surface area contributed by atoms with Gasteiger partial charge in [0.25, 0.3) is 0 Å². The van der Waals surface area contributed by atoms with Gasteiger partial charge in [-0.1, -0.05) is 71.9 Å². The molecule has 0 bridgehead atoms. The number of rotatable bonds is 5.